The van der Waals surface area contributed by atoms with E-state index in [2.05, 4.69) is 17.6 Å². The highest BCUT2D eigenvalue weighted by Gasteiger charge is 2.60. The lowest BCUT2D eigenvalue weighted by Crippen LogP contribution is -2.52. The zero-order chi connectivity index (χ0) is 32.6. The molecule has 2 saturated heterocycles. The van der Waals surface area contributed by atoms with E-state index < -0.39 is 28.3 Å². The summed E-state index contributed by atoms with van der Waals surface area (Å²) in [6.45, 7) is 7.93. The number of benzene rings is 2. The molecule has 2 bridgehead atoms. The van der Waals surface area contributed by atoms with Gasteiger partial charge in [-0.3, -0.25) is 0 Å². The lowest BCUT2D eigenvalue weighted by atomic mass is 9.88. The molecule has 2 aliphatic heterocycles. The fourth-order valence-corrected chi connectivity index (χ4v) is 9.55. The highest BCUT2D eigenvalue weighted by atomic mass is 32.2. The van der Waals surface area contributed by atoms with Crippen LogP contribution in [-0.2, 0) is 36.1 Å². The van der Waals surface area contributed by atoms with E-state index in [0.29, 0.717) is 25.6 Å². The summed E-state index contributed by atoms with van der Waals surface area (Å²) in [7, 11) is -2.00. The number of aliphatic hydroxyl groups is 1. The Hall–Kier alpha value is -2.54. The first-order chi connectivity index (χ1) is 22.0. The van der Waals surface area contributed by atoms with Crippen LogP contribution in [0.4, 0.5) is 4.79 Å². The van der Waals surface area contributed by atoms with Crippen LogP contribution in [0.5, 0.6) is 0 Å². The summed E-state index contributed by atoms with van der Waals surface area (Å²) in [4.78, 5) is 13.7. The number of hydrogen-bond acceptors (Lipinski definition) is 8. The third kappa shape index (κ3) is 6.73. The zero-order valence-electron chi connectivity index (χ0n) is 27.3. The molecule has 4 aliphatic rings. The smallest absolute Gasteiger partial charge is 0.407 e. The van der Waals surface area contributed by atoms with Gasteiger partial charge in [0.1, 0.15) is 6.10 Å². The SMILES string of the molecule is CNCC1(c2ccc(S(=O)(=O)N(CC(C)C)C[C@@H](O)[C@H](Cc3ccccc3)NC(=O)OC3C4COC5OCC3[C@H](C)C54)cc2)CC1. The molecule has 252 valence electrons. The number of hydrogen-bond donors (Lipinski definition) is 3. The van der Waals surface area contributed by atoms with E-state index in [1.165, 1.54) is 4.31 Å². The molecule has 2 aromatic carbocycles. The van der Waals surface area contributed by atoms with Crippen LogP contribution in [0, 0.1) is 29.6 Å². The van der Waals surface area contributed by atoms with Crippen molar-refractivity contribution >= 4 is 16.1 Å². The van der Waals surface area contributed by atoms with Gasteiger partial charge in [0.15, 0.2) is 6.29 Å². The van der Waals surface area contributed by atoms with Crippen LogP contribution in [0.25, 0.3) is 0 Å². The maximum absolute atomic E-state index is 14.0. The van der Waals surface area contributed by atoms with Gasteiger partial charge < -0.3 is 30.0 Å². The molecule has 2 saturated carbocycles. The van der Waals surface area contributed by atoms with Crippen LogP contribution in [-0.4, -0.2) is 88.4 Å². The Morgan fingerprint density at radius 2 is 1.72 bits per heavy atom. The van der Waals surface area contributed by atoms with Gasteiger partial charge in [0.05, 0.1) is 30.3 Å². The number of sulfonamides is 1. The van der Waals surface area contributed by atoms with Crippen LogP contribution >= 0.6 is 0 Å². The number of carbonyl (C=O) groups is 1. The number of amides is 1. The van der Waals surface area contributed by atoms with Crippen molar-refractivity contribution in [2.45, 2.75) is 74.9 Å². The Morgan fingerprint density at radius 1 is 1.04 bits per heavy atom. The fourth-order valence-electron chi connectivity index (χ4n) is 7.93. The lowest BCUT2D eigenvalue weighted by molar-refractivity contribution is -0.183. The monoisotopic (exact) mass is 655 g/mol. The third-order valence-corrected chi connectivity index (χ3v) is 12.4. The van der Waals surface area contributed by atoms with E-state index in [1.54, 1.807) is 12.1 Å². The first kappa shape index (κ1) is 33.4. The van der Waals surface area contributed by atoms with Crippen molar-refractivity contribution < 1.29 is 32.5 Å². The van der Waals surface area contributed by atoms with Crippen LogP contribution in [0.1, 0.15) is 44.7 Å². The summed E-state index contributed by atoms with van der Waals surface area (Å²) in [5, 5.41) is 17.8. The second-order valence-electron chi connectivity index (χ2n) is 14.2. The van der Waals surface area contributed by atoms with Crippen molar-refractivity contribution in [2.75, 3.05) is 39.9 Å². The van der Waals surface area contributed by atoms with Gasteiger partial charge in [-0.1, -0.05) is 63.2 Å². The Morgan fingerprint density at radius 3 is 2.35 bits per heavy atom. The third-order valence-electron chi connectivity index (χ3n) is 10.6. The number of aliphatic hydroxyl groups excluding tert-OH is 1. The van der Waals surface area contributed by atoms with Gasteiger partial charge >= 0.3 is 6.09 Å². The Labute approximate surface area is 273 Å². The predicted octanol–water partition coefficient (Wildman–Crippen LogP) is 3.54. The van der Waals surface area contributed by atoms with E-state index >= 15 is 0 Å². The largest absolute Gasteiger partial charge is 0.445 e. The summed E-state index contributed by atoms with van der Waals surface area (Å²) < 4.78 is 47.1. The normalized spacial score (nSPS) is 29.1. The van der Waals surface area contributed by atoms with E-state index in [0.717, 1.165) is 30.5 Å². The number of nitrogens with one attached hydrogen (secondary N) is 2. The minimum absolute atomic E-state index is 0.0143. The van der Waals surface area contributed by atoms with E-state index in [-0.39, 0.29) is 59.5 Å². The molecule has 0 aromatic heterocycles. The quantitative estimate of drug-likeness (QED) is 0.282. The average Bonchev–Trinajstić information content (AvgIpc) is 3.64. The van der Waals surface area contributed by atoms with Gasteiger partial charge in [0.25, 0.3) is 0 Å². The van der Waals surface area contributed by atoms with E-state index in [1.807, 2.05) is 63.4 Å². The van der Waals surface area contributed by atoms with Gasteiger partial charge in [0.2, 0.25) is 10.0 Å². The molecule has 8 atom stereocenters. The standard InChI is InChI=1S/C35H49N3O7S/c1-22(2)17-38(46(41,42)26-12-10-25(11-13-26)35(14-15-35)21-36-4)18-30(39)29(16-24-8-6-5-7-9-24)37-34(40)45-32-27-19-43-33-31(23(27)3)28(32)20-44-33/h5-13,22-23,27-33,36,39H,14-21H2,1-4H3,(H,37,40)/t23-,27?,28?,29-,30+,31?,32?,33?/m0/s1. The molecular weight excluding hydrogens is 606 g/mol. The van der Waals surface area contributed by atoms with Crippen LogP contribution in [0.3, 0.4) is 0 Å². The molecule has 2 aromatic rings. The Balaban J connectivity index is 1.19. The molecule has 2 aliphatic carbocycles. The van der Waals surface area contributed by atoms with Crippen molar-refractivity contribution in [1.82, 2.24) is 14.9 Å². The van der Waals surface area contributed by atoms with Gasteiger partial charge in [0, 0.05) is 42.8 Å². The minimum atomic E-state index is -3.93. The molecule has 46 heavy (non-hydrogen) atoms. The fraction of sp³-hybridized carbons (Fsp3) is 0.629. The van der Waals surface area contributed by atoms with Crippen molar-refractivity contribution in [1.29, 1.82) is 0 Å². The Bertz CT molecular complexity index is 1450. The van der Waals surface area contributed by atoms with Gasteiger partial charge in [-0.2, -0.15) is 4.31 Å². The van der Waals surface area contributed by atoms with Crippen LogP contribution < -0.4 is 10.6 Å². The van der Waals surface area contributed by atoms with Crippen LogP contribution in [0.15, 0.2) is 59.5 Å². The number of likely N-dealkylation sites (N-methyl/N-ethyl adjacent to an activating group) is 1. The van der Waals surface area contributed by atoms with Gasteiger partial charge in [-0.15, -0.1) is 0 Å². The first-order valence-corrected chi connectivity index (χ1v) is 18.1. The van der Waals surface area contributed by atoms with Crippen molar-refractivity contribution in [3.05, 3.63) is 65.7 Å². The van der Waals surface area contributed by atoms with Gasteiger partial charge in [-0.05, 0) is 61.4 Å². The second-order valence-corrected chi connectivity index (χ2v) is 16.2. The summed E-state index contributed by atoms with van der Waals surface area (Å²) in [5.74, 6) is 0.688. The molecule has 11 heteroatoms. The summed E-state index contributed by atoms with van der Waals surface area (Å²) in [6, 6.07) is 15.9. The molecule has 10 nitrogen and oxygen atoms in total. The zero-order valence-corrected chi connectivity index (χ0v) is 28.1. The molecule has 6 rings (SSSR count). The topological polar surface area (TPSA) is 126 Å². The number of nitrogens with zero attached hydrogens (tertiary/aromatic N) is 1. The Kier molecular flexibility index (Phi) is 9.81. The van der Waals surface area contributed by atoms with E-state index in [4.69, 9.17) is 14.2 Å². The number of rotatable bonds is 14. The molecule has 1 amide bonds. The average molecular weight is 656 g/mol. The van der Waals surface area contributed by atoms with E-state index in [9.17, 15) is 18.3 Å². The number of carbonyl (C=O) groups excluding carboxylic acids is 1. The maximum atomic E-state index is 14.0. The molecule has 4 fully saturated rings. The number of fused-ring (bicyclic) bond motifs is 1. The minimum Gasteiger partial charge on any atom is -0.445 e. The highest BCUT2D eigenvalue weighted by molar-refractivity contribution is 7.89. The number of ether oxygens (including phenoxy) is 3. The lowest BCUT2D eigenvalue weighted by Gasteiger charge is -2.33. The maximum Gasteiger partial charge on any atom is 0.407 e. The van der Waals surface area contributed by atoms with Crippen molar-refractivity contribution in [3.8, 4) is 0 Å². The second kappa shape index (κ2) is 13.5. The molecule has 2 heterocycles. The molecule has 3 N–H and O–H groups in total. The van der Waals surface area contributed by atoms with Crippen molar-refractivity contribution in [3.63, 3.8) is 0 Å². The molecule has 5 unspecified atom stereocenters. The molecule has 0 radical (unpaired) electrons. The molecular formula is C35H49N3O7S. The molecule has 0 spiro atoms. The van der Waals surface area contributed by atoms with Crippen molar-refractivity contribution in [2.24, 2.45) is 29.6 Å². The summed E-state index contributed by atoms with van der Waals surface area (Å²) in [5.41, 5.74) is 2.11. The summed E-state index contributed by atoms with van der Waals surface area (Å²) >= 11 is 0. The highest BCUT2D eigenvalue weighted by Crippen LogP contribution is 2.53. The van der Waals surface area contributed by atoms with Crippen LogP contribution in [0.2, 0.25) is 0 Å². The van der Waals surface area contributed by atoms with Gasteiger partial charge in [-0.25, -0.2) is 13.2 Å². The predicted molar refractivity (Wildman–Crippen MR) is 174 cm³/mol. The number of alkyl carbamates (subject to hydrolysis) is 1. The first-order valence-electron chi connectivity index (χ1n) is 16.7. The summed E-state index contributed by atoms with van der Waals surface area (Å²) in [6.07, 6.45) is 0.0493.